The van der Waals surface area contributed by atoms with Crippen molar-refractivity contribution in [2.45, 2.75) is 12.8 Å². The second-order valence-corrected chi connectivity index (χ2v) is 7.52. The van der Waals surface area contributed by atoms with E-state index < -0.39 is 12.2 Å². The van der Waals surface area contributed by atoms with Gasteiger partial charge in [0.15, 0.2) is 5.82 Å². The Bertz CT molecular complexity index is 1130. The summed E-state index contributed by atoms with van der Waals surface area (Å²) in [7, 11) is 0. The van der Waals surface area contributed by atoms with E-state index in [0.717, 1.165) is 0 Å². The summed E-state index contributed by atoms with van der Waals surface area (Å²) in [5.41, 5.74) is 0.919. The highest BCUT2D eigenvalue weighted by molar-refractivity contribution is 5.78. The van der Waals surface area contributed by atoms with Gasteiger partial charge in [0.1, 0.15) is 0 Å². The number of morpholine rings is 1. The number of halogens is 2. The number of alkyl halides is 2. The van der Waals surface area contributed by atoms with Gasteiger partial charge in [-0.3, -0.25) is 9.36 Å². The molecule has 1 N–H and O–H groups in total. The Balaban J connectivity index is 1.66. The van der Waals surface area contributed by atoms with Gasteiger partial charge in [0, 0.05) is 39.1 Å². The Kier molecular flexibility index (Phi) is 5.52. The van der Waals surface area contributed by atoms with Crippen molar-refractivity contribution in [2.75, 3.05) is 55.7 Å². The summed E-state index contributed by atoms with van der Waals surface area (Å²) < 4.78 is 34.6. The molecular weight excluding hydrogens is 422 g/mol. The number of rotatable bonds is 4. The highest BCUT2D eigenvalue weighted by Gasteiger charge is 2.26. The van der Waals surface area contributed by atoms with Gasteiger partial charge in [-0.2, -0.15) is 15.0 Å². The van der Waals surface area contributed by atoms with Crippen LogP contribution >= 0.6 is 0 Å². The van der Waals surface area contributed by atoms with Crippen LogP contribution in [0.15, 0.2) is 24.3 Å². The van der Waals surface area contributed by atoms with E-state index in [1.807, 2.05) is 9.80 Å². The van der Waals surface area contributed by atoms with Gasteiger partial charge in [-0.1, -0.05) is 12.1 Å². The average molecular weight is 444 g/mol. The molecule has 5 rings (SSSR count). The molecule has 3 aromatic rings. The van der Waals surface area contributed by atoms with E-state index in [9.17, 15) is 13.6 Å². The standard InChI is InChI=1S/C20H22F2N8O2/c21-16(22)17-24-13-3-1-2-4-14(13)30(17)20-26-18(28-7-5-15(31)23-6-8-28)25-19(27-20)29-9-11-32-12-10-29/h1-4,16H,5-12H2,(H,23,31). The SMILES string of the molecule is O=C1CCN(c2nc(N3CCOCC3)nc(-n3c(C(F)F)nc4ccccc43)n2)CCN1. The molecule has 0 unspecified atom stereocenters. The third-order valence-corrected chi connectivity index (χ3v) is 5.47. The quantitative estimate of drug-likeness (QED) is 0.643. The van der Waals surface area contributed by atoms with Gasteiger partial charge in [0.25, 0.3) is 6.43 Å². The maximum absolute atomic E-state index is 13.9. The highest BCUT2D eigenvalue weighted by Crippen LogP contribution is 2.28. The Labute approximate surface area is 182 Å². The highest BCUT2D eigenvalue weighted by atomic mass is 19.3. The lowest BCUT2D eigenvalue weighted by Gasteiger charge is -2.28. The molecule has 10 nitrogen and oxygen atoms in total. The molecule has 1 amide bonds. The minimum absolute atomic E-state index is 0.0456. The predicted octanol–water partition coefficient (Wildman–Crippen LogP) is 1.31. The number of aromatic nitrogens is 5. The molecular formula is C20H22F2N8O2. The second-order valence-electron chi connectivity index (χ2n) is 7.52. The van der Waals surface area contributed by atoms with E-state index >= 15 is 0 Å². The molecule has 2 aromatic heterocycles. The third-order valence-electron chi connectivity index (χ3n) is 5.47. The molecule has 0 radical (unpaired) electrons. The first-order chi connectivity index (χ1) is 15.6. The Morgan fingerprint density at radius 1 is 0.906 bits per heavy atom. The average Bonchev–Trinajstić information content (AvgIpc) is 3.08. The molecule has 2 aliphatic heterocycles. The summed E-state index contributed by atoms with van der Waals surface area (Å²) in [6.45, 7) is 3.57. The van der Waals surface area contributed by atoms with Crippen molar-refractivity contribution in [3.8, 4) is 5.95 Å². The van der Waals surface area contributed by atoms with Gasteiger partial charge in [0.05, 0.1) is 24.2 Å². The van der Waals surface area contributed by atoms with Gasteiger partial charge in [-0.05, 0) is 12.1 Å². The minimum Gasteiger partial charge on any atom is -0.378 e. The molecule has 0 bridgehead atoms. The van der Waals surface area contributed by atoms with E-state index in [2.05, 4.69) is 25.3 Å². The summed E-state index contributed by atoms with van der Waals surface area (Å²) in [6, 6.07) is 6.89. The first-order valence-electron chi connectivity index (χ1n) is 10.5. The summed E-state index contributed by atoms with van der Waals surface area (Å²) in [5.74, 6) is 0.324. The number of fused-ring (bicyclic) bond motifs is 1. The van der Waals surface area contributed by atoms with Crippen molar-refractivity contribution < 1.29 is 18.3 Å². The van der Waals surface area contributed by atoms with E-state index in [1.54, 1.807) is 24.3 Å². The Morgan fingerprint density at radius 2 is 1.59 bits per heavy atom. The first-order valence-corrected chi connectivity index (χ1v) is 10.5. The van der Waals surface area contributed by atoms with Crippen molar-refractivity contribution in [1.29, 1.82) is 0 Å². The van der Waals surface area contributed by atoms with E-state index in [0.29, 0.717) is 75.3 Å². The van der Waals surface area contributed by atoms with Crippen LogP contribution in [0.1, 0.15) is 18.7 Å². The Hall–Kier alpha value is -3.41. The molecule has 4 heterocycles. The second kappa shape index (κ2) is 8.61. The lowest BCUT2D eigenvalue weighted by atomic mass is 10.3. The van der Waals surface area contributed by atoms with Crippen LogP contribution in [0.25, 0.3) is 17.0 Å². The number of carbonyl (C=O) groups excluding carboxylic acids is 1. The van der Waals surface area contributed by atoms with Crippen molar-refractivity contribution in [3.63, 3.8) is 0 Å². The zero-order valence-electron chi connectivity index (χ0n) is 17.2. The molecule has 0 aliphatic carbocycles. The number of amides is 1. The van der Waals surface area contributed by atoms with Crippen molar-refractivity contribution in [1.82, 2.24) is 29.8 Å². The zero-order chi connectivity index (χ0) is 22.1. The van der Waals surface area contributed by atoms with Crippen LogP contribution in [0, 0.1) is 0 Å². The fourth-order valence-corrected chi connectivity index (χ4v) is 3.86. The van der Waals surface area contributed by atoms with Crippen LogP contribution in [-0.4, -0.2) is 76.3 Å². The summed E-state index contributed by atoms with van der Waals surface area (Å²) in [5, 5.41) is 2.82. The number of anilines is 2. The molecule has 168 valence electrons. The van der Waals surface area contributed by atoms with Gasteiger partial charge < -0.3 is 19.9 Å². The monoisotopic (exact) mass is 444 g/mol. The van der Waals surface area contributed by atoms with Gasteiger partial charge >= 0.3 is 0 Å². The van der Waals surface area contributed by atoms with Gasteiger partial charge in [-0.15, -0.1) is 0 Å². The molecule has 0 saturated carbocycles. The van der Waals surface area contributed by atoms with Crippen LogP contribution in [0.5, 0.6) is 0 Å². The molecule has 0 atom stereocenters. The maximum atomic E-state index is 13.9. The molecule has 2 fully saturated rings. The molecule has 2 aliphatic rings. The van der Waals surface area contributed by atoms with Crippen LogP contribution in [0.2, 0.25) is 0 Å². The summed E-state index contributed by atoms with van der Waals surface area (Å²) in [4.78, 5) is 33.4. The number of imidazole rings is 1. The van der Waals surface area contributed by atoms with Crippen LogP contribution in [-0.2, 0) is 9.53 Å². The number of nitrogens with one attached hydrogen (secondary N) is 1. The fourth-order valence-electron chi connectivity index (χ4n) is 3.86. The number of para-hydroxylation sites is 2. The van der Waals surface area contributed by atoms with E-state index in [-0.39, 0.29) is 11.9 Å². The largest absolute Gasteiger partial charge is 0.378 e. The first kappa shape index (κ1) is 20.5. The smallest absolute Gasteiger partial charge is 0.296 e. The zero-order valence-corrected chi connectivity index (χ0v) is 17.2. The molecule has 2 saturated heterocycles. The number of nitrogens with zero attached hydrogens (tertiary/aromatic N) is 7. The Morgan fingerprint density at radius 3 is 2.34 bits per heavy atom. The van der Waals surface area contributed by atoms with E-state index in [1.165, 1.54) is 4.57 Å². The molecule has 1 aromatic carbocycles. The lowest BCUT2D eigenvalue weighted by Crippen LogP contribution is -2.38. The minimum atomic E-state index is -2.81. The van der Waals surface area contributed by atoms with Crippen molar-refractivity contribution in [3.05, 3.63) is 30.1 Å². The van der Waals surface area contributed by atoms with Gasteiger partial charge in [0.2, 0.25) is 23.8 Å². The number of carbonyl (C=O) groups is 1. The molecule has 0 spiro atoms. The van der Waals surface area contributed by atoms with Crippen LogP contribution in [0.3, 0.4) is 0 Å². The van der Waals surface area contributed by atoms with E-state index in [4.69, 9.17) is 4.74 Å². The number of hydrogen-bond donors (Lipinski definition) is 1. The summed E-state index contributed by atoms with van der Waals surface area (Å²) in [6.07, 6.45) is -2.51. The van der Waals surface area contributed by atoms with Crippen molar-refractivity contribution >= 4 is 28.8 Å². The number of benzene rings is 1. The lowest BCUT2D eigenvalue weighted by molar-refractivity contribution is -0.120. The van der Waals surface area contributed by atoms with Crippen LogP contribution in [0.4, 0.5) is 20.7 Å². The third kappa shape index (κ3) is 3.93. The fraction of sp³-hybridized carbons (Fsp3) is 0.450. The van der Waals surface area contributed by atoms with Crippen LogP contribution < -0.4 is 15.1 Å². The molecule has 12 heteroatoms. The summed E-state index contributed by atoms with van der Waals surface area (Å²) >= 11 is 0. The number of ether oxygens (including phenoxy) is 1. The maximum Gasteiger partial charge on any atom is 0.296 e. The van der Waals surface area contributed by atoms with Gasteiger partial charge in [-0.25, -0.2) is 13.8 Å². The topological polar surface area (TPSA) is 101 Å². The van der Waals surface area contributed by atoms with Crippen molar-refractivity contribution in [2.24, 2.45) is 0 Å². The normalized spacial score (nSPS) is 17.7. The predicted molar refractivity (Wildman–Crippen MR) is 112 cm³/mol. The molecule has 32 heavy (non-hydrogen) atoms. The number of hydrogen-bond acceptors (Lipinski definition) is 8.